The van der Waals surface area contributed by atoms with Crippen molar-refractivity contribution in [2.75, 3.05) is 7.11 Å². The van der Waals surface area contributed by atoms with Crippen LogP contribution in [0, 0.1) is 13.8 Å². The molecule has 6 nitrogen and oxygen atoms in total. The summed E-state index contributed by atoms with van der Waals surface area (Å²) in [6.45, 7) is 3.82. The van der Waals surface area contributed by atoms with Crippen LogP contribution in [0.1, 0.15) is 11.5 Å². The highest BCUT2D eigenvalue weighted by atomic mass is 16.5. The molecule has 0 fully saturated rings. The van der Waals surface area contributed by atoms with Gasteiger partial charge in [0.1, 0.15) is 11.4 Å². The average Bonchev–Trinajstić information content (AvgIpc) is 3.05. The Morgan fingerprint density at radius 1 is 1.23 bits per heavy atom. The smallest absolute Gasteiger partial charge is 0.214 e. The Balaban J connectivity index is 1.96. The minimum atomic E-state index is 0.574. The molecule has 0 spiro atoms. The standard InChI is InChI=1S/C16H14N4O2/c1-8-14(9(2)22-20-8)10-6-12-15(17-7-10)11-4-5-13(21-3)19-16(11)18-12/h4-7H,1-3H3,(H,18,19). The number of H-pyrrole nitrogens is 1. The summed E-state index contributed by atoms with van der Waals surface area (Å²) in [5, 5.41) is 4.97. The number of pyridine rings is 2. The summed E-state index contributed by atoms with van der Waals surface area (Å²) in [4.78, 5) is 12.3. The van der Waals surface area contributed by atoms with Gasteiger partial charge in [-0.15, -0.1) is 0 Å². The molecule has 1 N–H and O–H groups in total. The summed E-state index contributed by atoms with van der Waals surface area (Å²) in [5.41, 5.74) is 5.39. The van der Waals surface area contributed by atoms with Gasteiger partial charge in [0.05, 0.1) is 23.8 Å². The number of aromatic nitrogens is 4. The summed E-state index contributed by atoms with van der Waals surface area (Å²) in [7, 11) is 1.60. The van der Waals surface area contributed by atoms with Gasteiger partial charge >= 0.3 is 0 Å². The van der Waals surface area contributed by atoms with Crippen LogP contribution in [-0.2, 0) is 0 Å². The fourth-order valence-electron chi connectivity index (χ4n) is 2.78. The highest BCUT2D eigenvalue weighted by Crippen LogP contribution is 2.31. The lowest BCUT2D eigenvalue weighted by Gasteiger charge is -2.00. The van der Waals surface area contributed by atoms with Crippen molar-refractivity contribution in [2.24, 2.45) is 0 Å². The molecule has 0 aromatic carbocycles. The van der Waals surface area contributed by atoms with Gasteiger partial charge in [-0.3, -0.25) is 4.98 Å². The van der Waals surface area contributed by atoms with E-state index in [9.17, 15) is 0 Å². The molecule has 22 heavy (non-hydrogen) atoms. The van der Waals surface area contributed by atoms with Gasteiger partial charge in [-0.25, -0.2) is 0 Å². The molecular formula is C16H14N4O2. The highest BCUT2D eigenvalue weighted by molar-refractivity contribution is 6.04. The molecule has 4 aromatic rings. The van der Waals surface area contributed by atoms with Crippen LogP contribution >= 0.6 is 0 Å². The third-order valence-electron chi connectivity index (χ3n) is 3.80. The van der Waals surface area contributed by atoms with Crippen molar-refractivity contribution >= 4 is 22.1 Å². The van der Waals surface area contributed by atoms with E-state index in [2.05, 4.69) is 20.1 Å². The molecule has 6 heteroatoms. The van der Waals surface area contributed by atoms with Crippen molar-refractivity contribution in [3.8, 4) is 17.0 Å². The molecule has 0 saturated heterocycles. The van der Waals surface area contributed by atoms with Crippen molar-refractivity contribution in [3.63, 3.8) is 0 Å². The summed E-state index contributed by atoms with van der Waals surface area (Å²) in [5.74, 6) is 1.36. The maximum absolute atomic E-state index is 5.23. The van der Waals surface area contributed by atoms with Gasteiger partial charge in [-0.05, 0) is 26.0 Å². The van der Waals surface area contributed by atoms with Crippen molar-refractivity contribution in [1.29, 1.82) is 0 Å². The SMILES string of the molecule is COc1ccc2c(n1)[nH]c1cc(-c3c(C)noc3C)cnc12. The molecule has 0 aliphatic carbocycles. The van der Waals surface area contributed by atoms with E-state index >= 15 is 0 Å². The number of ether oxygens (including phenoxy) is 1. The molecule has 0 radical (unpaired) electrons. The number of hydrogen-bond acceptors (Lipinski definition) is 5. The van der Waals surface area contributed by atoms with Crippen molar-refractivity contribution < 1.29 is 9.26 Å². The summed E-state index contributed by atoms with van der Waals surface area (Å²) in [6, 6.07) is 5.84. The molecule has 0 unspecified atom stereocenters. The van der Waals surface area contributed by atoms with Crippen LogP contribution in [0.2, 0.25) is 0 Å². The first kappa shape index (κ1) is 12.8. The van der Waals surface area contributed by atoms with Gasteiger partial charge in [-0.2, -0.15) is 4.98 Å². The molecule has 0 aliphatic rings. The molecule has 0 aliphatic heterocycles. The zero-order valence-corrected chi connectivity index (χ0v) is 12.5. The van der Waals surface area contributed by atoms with E-state index in [0.29, 0.717) is 5.88 Å². The fraction of sp³-hybridized carbons (Fsp3) is 0.188. The number of aryl methyl sites for hydroxylation is 2. The van der Waals surface area contributed by atoms with E-state index < -0.39 is 0 Å². The number of hydrogen-bond donors (Lipinski definition) is 1. The van der Waals surface area contributed by atoms with Crippen LogP contribution in [0.4, 0.5) is 0 Å². The minimum absolute atomic E-state index is 0.574. The Hall–Kier alpha value is -2.89. The van der Waals surface area contributed by atoms with Crippen LogP contribution < -0.4 is 4.74 Å². The molecule has 110 valence electrons. The van der Waals surface area contributed by atoms with Gasteiger partial charge in [0.25, 0.3) is 0 Å². The monoisotopic (exact) mass is 294 g/mol. The number of methoxy groups -OCH3 is 1. The fourth-order valence-corrected chi connectivity index (χ4v) is 2.78. The minimum Gasteiger partial charge on any atom is -0.481 e. The molecule has 4 rings (SSSR count). The average molecular weight is 294 g/mol. The van der Waals surface area contributed by atoms with E-state index in [1.807, 2.05) is 38.2 Å². The third-order valence-corrected chi connectivity index (χ3v) is 3.80. The zero-order chi connectivity index (χ0) is 15.3. The molecule has 4 aromatic heterocycles. The van der Waals surface area contributed by atoms with Gasteiger partial charge in [0.15, 0.2) is 0 Å². The Kier molecular flexibility index (Phi) is 2.66. The van der Waals surface area contributed by atoms with Crippen LogP contribution in [0.25, 0.3) is 33.2 Å². The summed E-state index contributed by atoms with van der Waals surface area (Å²) < 4.78 is 10.4. The van der Waals surface area contributed by atoms with Crippen LogP contribution in [0.5, 0.6) is 5.88 Å². The second-order valence-electron chi connectivity index (χ2n) is 5.19. The number of nitrogens with zero attached hydrogens (tertiary/aromatic N) is 3. The first-order valence-electron chi connectivity index (χ1n) is 6.93. The summed E-state index contributed by atoms with van der Waals surface area (Å²) >= 11 is 0. The maximum atomic E-state index is 5.23. The number of nitrogens with one attached hydrogen (secondary N) is 1. The van der Waals surface area contributed by atoms with Crippen LogP contribution in [0.15, 0.2) is 28.9 Å². The molecule has 4 heterocycles. The lowest BCUT2D eigenvalue weighted by atomic mass is 10.1. The largest absolute Gasteiger partial charge is 0.481 e. The first-order chi connectivity index (χ1) is 10.7. The van der Waals surface area contributed by atoms with Crippen molar-refractivity contribution in [1.82, 2.24) is 20.1 Å². The summed E-state index contributed by atoms with van der Waals surface area (Å²) in [6.07, 6.45) is 1.84. The maximum Gasteiger partial charge on any atom is 0.214 e. The predicted octanol–water partition coefficient (Wildman–Crippen LogP) is 3.39. The van der Waals surface area contributed by atoms with E-state index in [-0.39, 0.29) is 0 Å². The van der Waals surface area contributed by atoms with Gasteiger partial charge in [0, 0.05) is 28.8 Å². The van der Waals surface area contributed by atoms with Gasteiger partial charge < -0.3 is 14.2 Å². The second kappa shape index (κ2) is 4.56. The Bertz CT molecular complexity index is 981. The van der Waals surface area contributed by atoms with Crippen molar-refractivity contribution in [3.05, 3.63) is 35.9 Å². The number of rotatable bonds is 2. The normalized spacial score (nSPS) is 11.4. The van der Waals surface area contributed by atoms with E-state index in [4.69, 9.17) is 9.26 Å². The quantitative estimate of drug-likeness (QED) is 0.613. The molecular weight excluding hydrogens is 280 g/mol. The first-order valence-corrected chi connectivity index (χ1v) is 6.93. The number of aromatic amines is 1. The molecule has 0 amide bonds. The Labute approximate surface area is 126 Å². The molecule has 0 bridgehead atoms. The Morgan fingerprint density at radius 3 is 2.82 bits per heavy atom. The topological polar surface area (TPSA) is 76.8 Å². The predicted molar refractivity (Wildman–Crippen MR) is 82.9 cm³/mol. The van der Waals surface area contributed by atoms with Crippen molar-refractivity contribution in [2.45, 2.75) is 13.8 Å². The lowest BCUT2D eigenvalue weighted by molar-refractivity contribution is 0.393. The second-order valence-corrected chi connectivity index (χ2v) is 5.19. The van der Waals surface area contributed by atoms with E-state index in [0.717, 1.165) is 44.6 Å². The highest BCUT2D eigenvalue weighted by Gasteiger charge is 2.14. The molecule has 0 saturated carbocycles. The van der Waals surface area contributed by atoms with E-state index in [1.165, 1.54) is 0 Å². The van der Waals surface area contributed by atoms with Gasteiger partial charge in [0.2, 0.25) is 5.88 Å². The van der Waals surface area contributed by atoms with Crippen LogP contribution in [0.3, 0.4) is 0 Å². The third kappa shape index (κ3) is 1.77. The number of fused-ring (bicyclic) bond motifs is 3. The van der Waals surface area contributed by atoms with Crippen LogP contribution in [-0.4, -0.2) is 27.2 Å². The molecule has 0 atom stereocenters. The lowest BCUT2D eigenvalue weighted by Crippen LogP contribution is -1.86. The zero-order valence-electron chi connectivity index (χ0n) is 12.5. The Morgan fingerprint density at radius 2 is 2.09 bits per heavy atom. The van der Waals surface area contributed by atoms with Gasteiger partial charge in [-0.1, -0.05) is 5.16 Å². The van der Waals surface area contributed by atoms with E-state index in [1.54, 1.807) is 7.11 Å².